The number of nitrogens with zero attached hydrogens (tertiary/aromatic N) is 2. The Morgan fingerprint density at radius 1 is 1.11 bits per heavy atom. The number of hydrogen-bond donors (Lipinski definition) is 2. The van der Waals surface area contributed by atoms with Crippen molar-refractivity contribution in [3.63, 3.8) is 0 Å². The van der Waals surface area contributed by atoms with Crippen LogP contribution in [-0.2, 0) is 16.0 Å². The molecule has 0 unspecified atom stereocenters. The molecule has 3 heterocycles. The van der Waals surface area contributed by atoms with E-state index in [1.807, 2.05) is 13.0 Å². The molecule has 0 aliphatic carbocycles. The number of rotatable bonds is 4. The van der Waals surface area contributed by atoms with Gasteiger partial charge in [-0.25, -0.2) is 4.98 Å². The fourth-order valence-electron chi connectivity index (χ4n) is 4.85. The van der Waals surface area contributed by atoms with Gasteiger partial charge in [-0.2, -0.15) is 0 Å². The third-order valence-electron chi connectivity index (χ3n) is 6.61. The zero-order valence-corrected chi connectivity index (χ0v) is 20.8. The van der Waals surface area contributed by atoms with Crippen LogP contribution in [0.25, 0.3) is 16.0 Å². The van der Waals surface area contributed by atoms with Crippen molar-refractivity contribution in [3.8, 4) is 17.2 Å². The molecule has 2 aliphatic rings. The van der Waals surface area contributed by atoms with Gasteiger partial charge in [-0.05, 0) is 66.6 Å². The van der Waals surface area contributed by atoms with Crippen LogP contribution < -0.4 is 14.4 Å². The Kier molecular flexibility index (Phi) is 5.38. The summed E-state index contributed by atoms with van der Waals surface area (Å²) in [5.41, 5.74) is 2.51. The van der Waals surface area contributed by atoms with E-state index in [2.05, 4.69) is 4.98 Å². The molecule has 1 aromatic heterocycles. The lowest BCUT2D eigenvalue weighted by molar-refractivity contribution is -0.132. The van der Waals surface area contributed by atoms with Gasteiger partial charge in [0, 0.05) is 12.0 Å². The minimum Gasteiger partial charge on any atom is -0.508 e. The first kappa shape index (κ1) is 23.1. The minimum absolute atomic E-state index is 0.0210. The molecule has 186 valence electrons. The molecule has 1 fully saturated rings. The van der Waals surface area contributed by atoms with E-state index < -0.39 is 17.7 Å². The lowest BCUT2D eigenvalue weighted by Crippen LogP contribution is -2.29. The van der Waals surface area contributed by atoms with Gasteiger partial charge < -0.3 is 19.7 Å². The van der Waals surface area contributed by atoms with Crippen LogP contribution in [0, 0.1) is 0 Å². The maximum Gasteiger partial charge on any atom is 0.301 e. The van der Waals surface area contributed by atoms with Crippen molar-refractivity contribution in [2.45, 2.75) is 25.5 Å². The largest absolute Gasteiger partial charge is 0.508 e. The van der Waals surface area contributed by atoms with Crippen molar-refractivity contribution in [1.29, 1.82) is 0 Å². The molecule has 0 bridgehead atoms. The average Bonchev–Trinajstić information content (AvgIpc) is 3.55. The Hall–Kier alpha value is -4.37. The Labute approximate surface area is 216 Å². The highest BCUT2D eigenvalue weighted by molar-refractivity contribution is 7.22. The van der Waals surface area contributed by atoms with E-state index >= 15 is 0 Å². The number of ether oxygens (including phenoxy) is 2. The fourth-order valence-corrected chi connectivity index (χ4v) is 5.87. The van der Waals surface area contributed by atoms with E-state index in [-0.39, 0.29) is 23.2 Å². The average molecular weight is 515 g/mol. The predicted octanol–water partition coefficient (Wildman–Crippen LogP) is 4.96. The van der Waals surface area contributed by atoms with Crippen LogP contribution in [0.2, 0.25) is 0 Å². The molecule has 2 atom stereocenters. The van der Waals surface area contributed by atoms with Gasteiger partial charge in [0.1, 0.15) is 29.1 Å². The number of phenolic OH excluding ortho intramolecular Hbond substituents is 1. The first-order valence-corrected chi connectivity index (χ1v) is 12.5. The third-order valence-corrected chi connectivity index (χ3v) is 7.63. The molecule has 9 heteroatoms. The molecule has 37 heavy (non-hydrogen) atoms. The van der Waals surface area contributed by atoms with E-state index in [0.29, 0.717) is 33.9 Å². The van der Waals surface area contributed by atoms with Gasteiger partial charge in [-0.1, -0.05) is 23.5 Å². The van der Waals surface area contributed by atoms with Crippen molar-refractivity contribution in [2.75, 3.05) is 12.0 Å². The second-order valence-electron chi connectivity index (χ2n) is 9.05. The molecule has 3 aromatic carbocycles. The Bertz CT molecular complexity index is 1610. The van der Waals surface area contributed by atoms with Gasteiger partial charge in [0.2, 0.25) is 0 Å². The summed E-state index contributed by atoms with van der Waals surface area (Å²) < 4.78 is 11.8. The number of phenols is 1. The number of thiazole rings is 1. The summed E-state index contributed by atoms with van der Waals surface area (Å²) in [7, 11) is 1.57. The number of aromatic nitrogens is 1. The molecule has 4 aromatic rings. The van der Waals surface area contributed by atoms with Crippen LogP contribution in [-0.4, -0.2) is 40.1 Å². The summed E-state index contributed by atoms with van der Waals surface area (Å²) in [4.78, 5) is 32.8. The van der Waals surface area contributed by atoms with Gasteiger partial charge in [-0.15, -0.1) is 0 Å². The SMILES string of the molecule is COc1ccc2nc(N3C(=O)C(=O)/C(=C(/O)c4ccc5c(c4)C[C@@H](C)O5)[C@@H]3c3ccc(O)cc3)sc2c1. The van der Waals surface area contributed by atoms with E-state index in [4.69, 9.17) is 9.47 Å². The summed E-state index contributed by atoms with van der Waals surface area (Å²) in [6.07, 6.45) is 0.703. The van der Waals surface area contributed by atoms with Crippen molar-refractivity contribution in [2.24, 2.45) is 0 Å². The van der Waals surface area contributed by atoms with E-state index in [1.165, 1.54) is 28.4 Å². The quantitative estimate of drug-likeness (QED) is 0.225. The number of benzene rings is 3. The number of carbonyl (C=O) groups excluding carboxylic acids is 2. The number of aromatic hydroxyl groups is 1. The Morgan fingerprint density at radius 3 is 2.65 bits per heavy atom. The Morgan fingerprint density at radius 2 is 1.89 bits per heavy atom. The van der Waals surface area contributed by atoms with Crippen LogP contribution >= 0.6 is 11.3 Å². The molecule has 6 rings (SSSR count). The number of aliphatic hydroxyl groups is 1. The number of aliphatic hydroxyl groups excluding tert-OH is 1. The molecule has 8 nitrogen and oxygen atoms in total. The van der Waals surface area contributed by atoms with Gasteiger partial charge in [0.05, 0.1) is 28.9 Å². The number of amides is 1. The number of hydrogen-bond acceptors (Lipinski definition) is 8. The van der Waals surface area contributed by atoms with Crippen LogP contribution in [0.4, 0.5) is 5.13 Å². The summed E-state index contributed by atoms with van der Waals surface area (Å²) in [6, 6.07) is 15.9. The number of anilines is 1. The van der Waals surface area contributed by atoms with Crippen LogP contribution in [0.1, 0.15) is 29.7 Å². The highest BCUT2D eigenvalue weighted by atomic mass is 32.1. The first-order chi connectivity index (χ1) is 17.8. The van der Waals surface area contributed by atoms with E-state index in [0.717, 1.165) is 16.0 Å². The lowest BCUT2D eigenvalue weighted by Gasteiger charge is -2.23. The Balaban J connectivity index is 1.52. The third kappa shape index (κ3) is 3.79. The minimum atomic E-state index is -0.938. The van der Waals surface area contributed by atoms with Crippen LogP contribution in [0.3, 0.4) is 0 Å². The molecule has 1 saturated heterocycles. The van der Waals surface area contributed by atoms with Crippen LogP contribution in [0.5, 0.6) is 17.2 Å². The van der Waals surface area contributed by atoms with E-state index in [1.54, 1.807) is 49.6 Å². The maximum absolute atomic E-state index is 13.4. The fraction of sp³-hybridized carbons (Fsp3) is 0.179. The first-order valence-electron chi connectivity index (χ1n) is 11.7. The molecule has 0 saturated carbocycles. The molecule has 2 N–H and O–H groups in total. The number of fused-ring (bicyclic) bond motifs is 2. The van der Waals surface area contributed by atoms with Crippen molar-refractivity contribution >= 4 is 44.1 Å². The monoisotopic (exact) mass is 514 g/mol. The highest BCUT2D eigenvalue weighted by Crippen LogP contribution is 2.45. The van der Waals surface area contributed by atoms with Gasteiger partial charge in [0.15, 0.2) is 5.13 Å². The van der Waals surface area contributed by atoms with Crippen molar-refractivity contribution in [3.05, 3.63) is 82.9 Å². The van der Waals surface area contributed by atoms with Crippen molar-refractivity contribution in [1.82, 2.24) is 4.98 Å². The zero-order valence-electron chi connectivity index (χ0n) is 20.0. The second kappa shape index (κ2) is 8.63. The standard InChI is InChI=1S/C28H22N2O6S/c1-14-11-17-12-16(5-10-21(17)36-14)25(32)23-24(15-3-6-18(31)7-4-15)30(27(34)26(23)33)28-29-20-9-8-19(35-2)13-22(20)37-28/h3-10,12-14,24,31-32H,11H2,1-2H3/b25-23+/t14-,24+/m1/s1. The normalized spacial score (nSPS) is 20.3. The van der Waals surface area contributed by atoms with Crippen molar-refractivity contribution < 1.29 is 29.3 Å². The number of ketones is 1. The number of methoxy groups -OCH3 is 1. The molecule has 2 aliphatic heterocycles. The maximum atomic E-state index is 13.4. The summed E-state index contributed by atoms with van der Waals surface area (Å²) in [5.74, 6) is -0.440. The smallest absolute Gasteiger partial charge is 0.301 e. The molecular weight excluding hydrogens is 492 g/mol. The summed E-state index contributed by atoms with van der Waals surface area (Å²) in [5, 5.41) is 21.6. The molecular formula is C28H22N2O6S. The molecule has 1 amide bonds. The summed E-state index contributed by atoms with van der Waals surface area (Å²) in [6.45, 7) is 1.96. The lowest BCUT2D eigenvalue weighted by atomic mass is 9.94. The summed E-state index contributed by atoms with van der Waals surface area (Å²) >= 11 is 1.25. The number of carbonyl (C=O) groups is 2. The topological polar surface area (TPSA) is 109 Å². The van der Waals surface area contributed by atoms with Crippen LogP contribution in [0.15, 0.2) is 66.2 Å². The zero-order chi connectivity index (χ0) is 25.8. The predicted molar refractivity (Wildman–Crippen MR) is 139 cm³/mol. The van der Waals surface area contributed by atoms with E-state index in [9.17, 15) is 19.8 Å². The van der Waals surface area contributed by atoms with Gasteiger partial charge >= 0.3 is 5.91 Å². The molecule has 0 radical (unpaired) electrons. The molecule has 0 spiro atoms. The van der Waals surface area contributed by atoms with Gasteiger partial charge in [0.25, 0.3) is 5.78 Å². The second-order valence-corrected chi connectivity index (χ2v) is 10.1. The number of Topliss-reactive ketones (excluding diaryl/α,β-unsaturated/α-hetero) is 1. The highest BCUT2D eigenvalue weighted by Gasteiger charge is 2.48. The van der Waals surface area contributed by atoms with Gasteiger partial charge in [-0.3, -0.25) is 14.5 Å².